The first kappa shape index (κ1) is 21.6. The molecule has 0 saturated heterocycles. The van der Waals surface area contributed by atoms with Gasteiger partial charge < -0.3 is 25.2 Å². The van der Waals surface area contributed by atoms with Crippen LogP contribution in [0.4, 0.5) is 18.0 Å². The topological polar surface area (TPSA) is 122 Å². The third-order valence-corrected chi connectivity index (χ3v) is 3.67. The zero-order valence-electron chi connectivity index (χ0n) is 14.7. The van der Waals surface area contributed by atoms with Crippen molar-refractivity contribution in [3.8, 4) is 0 Å². The van der Waals surface area contributed by atoms with Crippen molar-refractivity contribution in [2.75, 3.05) is 39.5 Å². The molecule has 0 atom stereocenters. The molecule has 0 spiro atoms. The molecule has 1 aliphatic heterocycles. The molecule has 1 aliphatic rings. The Labute approximate surface area is 157 Å². The summed E-state index contributed by atoms with van der Waals surface area (Å²) in [6.07, 6.45) is -5.73. The third-order valence-electron chi connectivity index (χ3n) is 3.67. The minimum absolute atomic E-state index is 0.140. The van der Waals surface area contributed by atoms with Crippen LogP contribution in [0.5, 0.6) is 0 Å². The lowest BCUT2D eigenvalue weighted by Crippen LogP contribution is -2.30. The zero-order valence-corrected chi connectivity index (χ0v) is 14.7. The highest BCUT2D eigenvalue weighted by Gasteiger charge is 2.65. The fourth-order valence-electron chi connectivity index (χ4n) is 2.19. The Balaban J connectivity index is 1.60. The van der Waals surface area contributed by atoms with Gasteiger partial charge in [0.2, 0.25) is 0 Å². The van der Waals surface area contributed by atoms with Crippen LogP contribution in [0.1, 0.15) is 15.9 Å². The number of hydrogen-bond acceptors (Lipinski definition) is 6. The fraction of sp³-hybridized carbons (Fsp3) is 0.500. The van der Waals surface area contributed by atoms with Gasteiger partial charge in [-0.15, -0.1) is 10.2 Å². The number of benzene rings is 1. The number of amides is 2. The first-order valence-corrected chi connectivity index (χ1v) is 8.28. The normalized spacial score (nSPS) is 14.5. The molecule has 1 aromatic rings. The number of halogens is 3. The van der Waals surface area contributed by atoms with E-state index in [-0.39, 0.29) is 50.6 Å². The van der Waals surface area contributed by atoms with Crippen LogP contribution in [-0.4, -0.2) is 62.8 Å². The number of alkyl halides is 3. The number of ether oxygens (including phenoxy) is 2. The van der Waals surface area contributed by atoms with Gasteiger partial charge in [-0.2, -0.15) is 13.2 Å². The van der Waals surface area contributed by atoms with Gasteiger partial charge in [0.15, 0.2) is 0 Å². The van der Waals surface area contributed by atoms with Gasteiger partial charge in [0, 0.05) is 24.2 Å². The molecule has 0 saturated carbocycles. The van der Waals surface area contributed by atoms with E-state index in [9.17, 15) is 22.8 Å². The minimum atomic E-state index is -4.61. The van der Waals surface area contributed by atoms with Crippen LogP contribution in [0, 0.1) is 0 Å². The number of carboxylic acid groups (broad SMARTS) is 1. The molecule has 154 valence electrons. The Morgan fingerprint density at radius 2 is 1.50 bits per heavy atom. The van der Waals surface area contributed by atoms with Crippen molar-refractivity contribution in [2.45, 2.75) is 11.8 Å². The number of carbonyl (C=O) groups excluding carboxylic acids is 1. The maximum absolute atomic E-state index is 12.9. The number of nitrogens with zero attached hydrogens (tertiary/aromatic N) is 2. The molecule has 0 aliphatic carbocycles. The van der Waals surface area contributed by atoms with Crippen molar-refractivity contribution in [1.29, 1.82) is 0 Å². The molecule has 2 amide bonds. The van der Waals surface area contributed by atoms with E-state index in [0.29, 0.717) is 0 Å². The van der Waals surface area contributed by atoms with Crippen molar-refractivity contribution < 1.29 is 37.3 Å². The van der Waals surface area contributed by atoms with Gasteiger partial charge >= 0.3 is 17.9 Å². The second-order valence-corrected chi connectivity index (χ2v) is 5.66. The van der Waals surface area contributed by atoms with E-state index in [1.54, 1.807) is 0 Å². The molecule has 1 aromatic carbocycles. The number of carbonyl (C=O) groups is 2. The summed E-state index contributed by atoms with van der Waals surface area (Å²) < 4.78 is 49.1. The van der Waals surface area contributed by atoms with Crippen molar-refractivity contribution in [3.05, 3.63) is 35.4 Å². The summed E-state index contributed by atoms with van der Waals surface area (Å²) in [6.45, 7) is 1.36. The van der Waals surface area contributed by atoms with Crippen LogP contribution >= 0.6 is 0 Å². The van der Waals surface area contributed by atoms with E-state index in [2.05, 4.69) is 20.9 Å². The second-order valence-electron chi connectivity index (χ2n) is 5.66. The first-order chi connectivity index (χ1) is 13.3. The Morgan fingerprint density at radius 3 is 1.96 bits per heavy atom. The minimum Gasteiger partial charge on any atom is -0.465 e. The molecular formula is C16H19F3N4O5. The van der Waals surface area contributed by atoms with Gasteiger partial charge in [-0.25, -0.2) is 4.79 Å². The Hall–Kier alpha value is -2.73. The van der Waals surface area contributed by atoms with Gasteiger partial charge in [0.25, 0.3) is 5.91 Å². The van der Waals surface area contributed by atoms with E-state index in [0.717, 1.165) is 0 Å². The molecule has 0 bridgehead atoms. The maximum atomic E-state index is 12.9. The first-order valence-electron chi connectivity index (χ1n) is 8.28. The molecule has 0 unspecified atom stereocenters. The average molecular weight is 404 g/mol. The SMILES string of the molecule is O=C(O)NCCOCCOCCNC(=O)c1ccc(C2(C(F)(F)F)N=N2)cc1. The molecule has 2 rings (SSSR count). The molecular weight excluding hydrogens is 385 g/mol. The standard InChI is InChI=1S/C16H19F3N4O5/c17-16(18,19)15(22-23-15)12-3-1-11(2-4-12)13(24)20-5-7-27-9-10-28-8-6-21-14(25)26/h1-4,21H,5-10H2,(H,20,24)(H,25,26). The fourth-order valence-corrected chi connectivity index (χ4v) is 2.19. The van der Waals surface area contributed by atoms with E-state index in [1.807, 2.05) is 0 Å². The number of nitrogens with one attached hydrogen (secondary N) is 2. The highest BCUT2D eigenvalue weighted by atomic mass is 19.4. The van der Waals surface area contributed by atoms with E-state index >= 15 is 0 Å². The highest BCUT2D eigenvalue weighted by Crippen LogP contribution is 2.52. The molecule has 0 aromatic heterocycles. The van der Waals surface area contributed by atoms with Crippen LogP contribution in [-0.2, 0) is 15.1 Å². The highest BCUT2D eigenvalue weighted by molar-refractivity contribution is 5.94. The average Bonchev–Trinajstić information content (AvgIpc) is 3.45. The van der Waals surface area contributed by atoms with Gasteiger partial charge in [-0.1, -0.05) is 12.1 Å². The van der Waals surface area contributed by atoms with Gasteiger partial charge in [-0.3, -0.25) is 4.79 Å². The second kappa shape index (κ2) is 9.46. The lowest BCUT2D eigenvalue weighted by atomic mass is 10.0. The smallest absolute Gasteiger partial charge is 0.442 e. The molecule has 1 heterocycles. The van der Waals surface area contributed by atoms with Crippen LogP contribution in [0.3, 0.4) is 0 Å². The van der Waals surface area contributed by atoms with Crippen LogP contribution < -0.4 is 10.6 Å². The molecule has 3 N–H and O–H groups in total. The predicted molar refractivity (Wildman–Crippen MR) is 89.0 cm³/mol. The van der Waals surface area contributed by atoms with E-state index < -0.39 is 23.8 Å². The lowest BCUT2D eigenvalue weighted by molar-refractivity contribution is -0.166. The Bertz CT molecular complexity index is 703. The van der Waals surface area contributed by atoms with Crippen molar-refractivity contribution >= 4 is 12.0 Å². The molecule has 12 heteroatoms. The Kier molecular flexibility index (Phi) is 7.29. The van der Waals surface area contributed by atoms with Gasteiger partial charge in [0.1, 0.15) is 0 Å². The molecule has 9 nitrogen and oxygen atoms in total. The summed E-state index contributed by atoms with van der Waals surface area (Å²) in [5.41, 5.74) is -2.43. The lowest BCUT2D eigenvalue weighted by Gasteiger charge is -2.15. The van der Waals surface area contributed by atoms with Gasteiger partial charge in [-0.05, 0) is 12.1 Å². The monoisotopic (exact) mass is 404 g/mol. The van der Waals surface area contributed by atoms with Crippen LogP contribution in [0.25, 0.3) is 0 Å². The third kappa shape index (κ3) is 5.89. The summed E-state index contributed by atoms with van der Waals surface area (Å²) in [4.78, 5) is 22.2. The summed E-state index contributed by atoms with van der Waals surface area (Å²) in [5, 5.41) is 19.3. The largest absolute Gasteiger partial charge is 0.465 e. The molecule has 0 fully saturated rings. The van der Waals surface area contributed by atoms with Crippen LogP contribution in [0.2, 0.25) is 0 Å². The van der Waals surface area contributed by atoms with Crippen LogP contribution in [0.15, 0.2) is 34.5 Å². The molecule has 28 heavy (non-hydrogen) atoms. The number of rotatable bonds is 11. The molecule has 0 radical (unpaired) electrons. The quantitative estimate of drug-likeness (QED) is 0.487. The van der Waals surface area contributed by atoms with Crippen molar-refractivity contribution in [2.24, 2.45) is 10.2 Å². The summed E-state index contributed by atoms with van der Waals surface area (Å²) in [7, 11) is 0. The predicted octanol–water partition coefficient (Wildman–Crippen LogP) is 1.90. The van der Waals surface area contributed by atoms with Crippen molar-refractivity contribution in [1.82, 2.24) is 10.6 Å². The Morgan fingerprint density at radius 1 is 0.964 bits per heavy atom. The van der Waals surface area contributed by atoms with Gasteiger partial charge in [0.05, 0.1) is 26.4 Å². The summed E-state index contributed by atoms with van der Waals surface area (Å²) in [6, 6.07) is 4.91. The maximum Gasteiger partial charge on any atom is 0.442 e. The summed E-state index contributed by atoms with van der Waals surface area (Å²) in [5.74, 6) is -0.447. The number of hydrogen-bond donors (Lipinski definition) is 3. The van der Waals surface area contributed by atoms with E-state index in [4.69, 9.17) is 14.6 Å². The van der Waals surface area contributed by atoms with E-state index in [1.165, 1.54) is 24.3 Å². The summed E-state index contributed by atoms with van der Waals surface area (Å²) >= 11 is 0. The zero-order chi connectivity index (χ0) is 20.6. The van der Waals surface area contributed by atoms with Crippen molar-refractivity contribution in [3.63, 3.8) is 0 Å².